The van der Waals surface area contributed by atoms with Gasteiger partial charge in [-0.1, -0.05) is 32.0 Å². The smallest absolute Gasteiger partial charge is 0.264 e. The number of carbonyl (C=O) groups excluding carboxylic acids is 1. The summed E-state index contributed by atoms with van der Waals surface area (Å²) in [5, 5.41) is 3.51. The van der Waals surface area contributed by atoms with Crippen molar-refractivity contribution in [2.24, 2.45) is 5.92 Å². The average Bonchev–Trinajstić information content (AvgIpc) is 2.92. The highest BCUT2D eigenvalue weighted by atomic mass is 16.5. The number of benzene rings is 1. The Labute approximate surface area is 126 Å². The Kier molecular flexibility index (Phi) is 4.15. The molecule has 0 aromatic heterocycles. The molecule has 3 unspecified atom stereocenters. The first-order chi connectivity index (χ1) is 10.2. The highest BCUT2D eigenvalue weighted by Gasteiger charge is 2.35. The second kappa shape index (κ2) is 6.06. The van der Waals surface area contributed by atoms with E-state index in [0.29, 0.717) is 18.4 Å². The molecule has 4 nitrogen and oxygen atoms in total. The zero-order valence-electron chi connectivity index (χ0n) is 12.8. The van der Waals surface area contributed by atoms with E-state index in [9.17, 15) is 4.79 Å². The maximum absolute atomic E-state index is 12.7. The van der Waals surface area contributed by atoms with Gasteiger partial charge in [-0.3, -0.25) is 4.79 Å². The Bertz CT molecular complexity index is 492. The summed E-state index contributed by atoms with van der Waals surface area (Å²) in [7, 11) is 0. The van der Waals surface area contributed by atoms with Crippen molar-refractivity contribution in [3.63, 3.8) is 0 Å². The Balaban J connectivity index is 1.60. The molecule has 1 amide bonds. The Morgan fingerprint density at radius 2 is 2.24 bits per heavy atom. The summed E-state index contributed by atoms with van der Waals surface area (Å²) < 4.78 is 5.82. The van der Waals surface area contributed by atoms with Crippen LogP contribution in [0.25, 0.3) is 0 Å². The van der Waals surface area contributed by atoms with E-state index in [1.165, 1.54) is 0 Å². The van der Waals surface area contributed by atoms with E-state index < -0.39 is 0 Å². The highest BCUT2D eigenvalue weighted by molar-refractivity contribution is 5.82. The number of nitrogens with one attached hydrogen (secondary N) is 1. The number of carbonyl (C=O) groups is 1. The van der Waals surface area contributed by atoms with E-state index in [0.717, 1.165) is 37.4 Å². The number of amides is 1. The van der Waals surface area contributed by atoms with Crippen LogP contribution in [0.3, 0.4) is 0 Å². The van der Waals surface area contributed by atoms with Gasteiger partial charge in [0.05, 0.1) is 0 Å². The van der Waals surface area contributed by atoms with Gasteiger partial charge in [0.2, 0.25) is 0 Å². The second-order valence-electron chi connectivity index (χ2n) is 6.13. The van der Waals surface area contributed by atoms with Gasteiger partial charge in [-0.15, -0.1) is 0 Å². The van der Waals surface area contributed by atoms with Gasteiger partial charge in [0.1, 0.15) is 5.75 Å². The molecule has 3 rings (SSSR count). The normalized spacial score (nSPS) is 28.1. The lowest BCUT2D eigenvalue weighted by atomic mass is 9.93. The molecule has 1 N–H and O–H groups in total. The number of fused-ring (bicyclic) bond motifs is 1. The van der Waals surface area contributed by atoms with Crippen LogP contribution in [-0.2, 0) is 11.2 Å². The van der Waals surface area contributed by atoms with E-state index in [1.54, 1.807) is 0 Å². The Hall–Kier alpha value is -1.55. The molecule has 2 aliphatic rings. The number of piperidine rings is 1. The average molecular weight is 288 g/mol. The molecule has 0 radical (unpaired) electrons. The monoisotopic (exact) mass is 288 g/mol. The summed E-state index contributed by atoms with van der Waals surface area (Å²) in [4.78, 5) is 14.6. The number of ether oxygens (including phenoxy) is 1. The number of likely N-dealkylation sites (tertiary alicyclic amines) is 1. The van der Waals surface area contributed by atoms with Crippen molar-refractivity contribution in [3.05, 3.63) is 29.8 Å². The van der Waals surface area contributed by atoms with E-state index in [2.05, 4.69) is 19.2 Å². The highest BCUT2D eigenvalue weighted by Crippen LogP contribution is 2.29. The van der Waals surface area contributed by atoms with Crippen molar-refractivity contribution in [2.75, 3.05) is 19.6 Å². The van der Waals surface area contributed by atoms with Gasteiger partial charge >= 0.3 is 0 Å². The van der Waals surface area contributed by atoms with Gasteiger partial charge in [-0.05, 0) is 30.5 Å². The van der Waals surface area contributed by atoms with Crippen LogP contribution >= 0.6 is 0 Å². The molecule has 0 aliphatic carbocycles. The molecule has 4 heteroatoms. The number of para-hydroxylation sites is 1. The van der Waals surface area contributed by atoms with Crippen LogP contribution in [0.4, 0.5) is 0 Å². The largest absolute Gasteiger partial charge is 0.480 e. The lowest BCUT2D eigenvalue weighted by molar-refractivity contribution is -0.140. The molecule has 2 heterocycles. The molecule has 0 saturated carbocycles. The van der Waals surface area contributed by atoms with Gasteiger partial charge in [0.25, 0.3) is 5.91 Å². The SMILES string of the molecule is CCNC1CCN(C(=O)C2Cc3ccccc3O2)CC1C. The van der Waals surface area contributed by atoms with E-state index in [1.807, 2.05) is 29.2 Å². The van der Waals surface area contributed by atoms with Gasteiger partial charge in [-0.25, -0.2) is 0 Å². The predicted octanol–water partition coefficient (Wildman–Crippen LogP) is 1.84. The fourth-order valence-corrected chi connectivity index (χ4v) is 3.43. The summed E-state index contributed by atoms with van der Waals surface area (Å²) in [6.45, 7) is 7.00. The summed E-state index contributed by atoms with van der Waals surface area (Å²) >= 11 is 0. The van der Waals surface area contributed by atoms with Crippen LogP contribution in [0, 0.1) is 5.92 Å². The van der Waals surface area contributed by atoms with Crippen LogP contribution in [0.1, 0.15) is 25.8 Å². The zero-order valence-corrected chi connectivity index (χ0v) is 12.8. The summed E-state index contributed by atoms with van der Waals surface area (Å²) in [5.74, 6) is 1.51. The summed E-state index contributed by atoms with van der Waals surface area (Å²) in [5.41, 5.74) is 1.14. The maximum Gasteiger partial charge on any atom is 0.264 e. The molecule has 1 aromatic carbocycles. The van der Waals surface area contributed by atoms with E-state index >= 15 is 0 Å². The zero-order chi connectivity index (χ0) is 14.8. The number of hydrogen-bond donors (Lipinski definition) is 1. The first-order valence-corrected chi connectivity index (χ1v) is 7.95. The van der Waals surface area contributed by atoms with Gasteiger partial charge in [0, 0.05) is 25.6 Å². The quantitative estimate of drug-likeness (QED) is 0.923. The molecule has 1 aromatic rings. The number of nitrogens with zero attached hydrogens (tertiary/aromatic N) is 1. The summed E-state index contributed by atoms with van der Waals surface area (Å²) in [6, 6.07) is 8.47. The van der Waals surface area contributed by atoms with E-state index in [4.69, 9.17) is 4.74 Å². The first kappa shape index (κ1) is 14.4. The van der Waals surface area contributed by atoms with Gasteiger partial charge in [-0.2, -0.15) is 0 Å². The molecule has 3 atom stereocenters. The molecule has 0 bridgehead atoms. The molecular formula is C17H24N2O2. The Morgan fingerprint density at radius 3 is 2.95 bits per heavy atom. The molecule has 2 aliphatic heterocycles. The fraction of sp³-hybridized carbons (Fsp3) is 0.588. The lowest BCUT2D eigenvalue weighted by Gasteiger charge is -2.38. The Morgan fingerprint density at radius 1 is 1.43 bits per heavy atom. The van der Waals surface area contributed by atoms with Crippen molar-refractivity contribution in [1.29, 1.82) is 0 Å². The third-order valence-electron chi connectivity index (χ3n) is 4.61. The third kappa shape index (κ3) is 2.91. The topological polar surface area (TPSA) is 41.6 Å². The number of rotatable bonds is 3. The summed E-state index contributed by atoms with van der Waals surface area (Å²) in [6.07, 6.45) is 1.40. The predicted molar refractivity (Wildman–Crippen MR) is 82.4 cm³/mol. The molecule has 1 saturated heterocycles. The first-order valence-electron chi connectivity index (χ1n) is 7.95. The van der Waals surface area contributed by atoms with Crippen LogP contribution < -0.4 is 10.1 Å². The maximum atomic E-state index is 12.7. The molecule has 21 heavy (non-hydrogen) atoms. The molecule has 1 fully saturated rings. The third-order valence-corrected chi connectivity index (χ3v) is 4.61. The lowest BCUT2D eigenvalue weighted by Crippen LogP contribution is -2.52. The van der Waals surface area contributed by atoms with Crippen molar-refractivity contribution in [2.45, 2.75) is 38.8 Å². The molecule has 0 spiro atoms. The van der Waals surface area contributed by atoms with Crippen LogP contribution in [0.15, 0.2) is 24.3 Å². The van der Waals surface area contributed by atoms with Crippen LogP contribution in [-0.4, -0.2) is 42.6 Å². The van der Waals surface area contributed by atoms with Crippen molar-refractivity contribution >= 4 is 5.91 Å². The van der Waals surface area contributed by atoms with Crippen LogP contribution in [0.2, 0.25) is 0 Å². The van der Waals surface area contributed by atoms with Crippen molar-refractivity contribution < 1.29 is 9.53 Å². The fourth-order valence-electron chi connectivity index (χ4n) is 3.43. The molecule has 114 valence electrons. The van der Waals surface area contributed by atoms with Gasteiger partial charge in [0.15, 0.2) is 6.10 Å². The minimum absolute atomic E-state index is 0.146. The van der Waals surface area contributed by atoms with Crippen molar-refractivity contribution in [1.82, 2.24) is 10.2 Å². The van der Waals surface area contributed by atoms with Crippen molar-refractivity contribution in [3.8, 4) is 5.75 Å². The number of hydrogen-bond acceptors (Lipinski definition) is 3. The minimum atomic E-state index is -0.328. The standard InChI is InChI=1S/C17H24N2O2/c1-3-18-14-8-9-19(11-12(14)2)17(20)16-10-13-6-4-5-7-15(13)21-16/h4-7,12,14,16,18H,3,8-11H2,1-2H3. The second-order valence-corrected chi connectivity index (χ2v) is 6.13. The van der Waals surface area contributed by atoms with Gasteiger partial charge < -0.3 is 15.0 Å². The molecular weight excluding hydrogens is 264 g/mol. The minimum Gasteiger partial charge on any atom is -0.480 e. The van der Waals surface area contributed by atoms with Crippen LogP contribution in [0.5, 0.6) is 5.75 Å². The van der Waals surface area contributed by atoms with E-state index in [-0.39, 0.29) is 12.0 Å².